The first-order valence-corrected chi connectivity index (χ1v) is 2.66. The molecule has 0 unspecified atom stereocenters. The molecule has 3 nitrogen and oxygen atoms in total. The Morgan fingerprint density at radius 1 is 0.769 bits per heavy atom. The van der Waals surface area contributed by atoms with Crippen molar-refractivity contribution in [2.75, 3.05) is 0 Å². The van der Waals surface area contributed by atoms with Gasteiger partial charge in [0.1, 0.15) is 0 Å². The van der Waals surface area contributed by atoms with E-state index in [4.69, 9.17) is 14.4 Å². The van der Waals surface area contributed by atoms with Crippen molar-refractivity contribution in [3.05, 3.63) is 24.3 Å². The molecular weight excluding hydrogens is 257 g/mol. The van der Waals surface area contributed by atoms with Crippen LogP contribution < -0.4 is 0 Å². The molecule has 0 amide bonds. The molecule has 1 radical (unpaired) electrons. The summed E-state index contributed by atoms with van der Waals surface area (Å²) < 4.78 is 0. The number of hydrogen-bond acceptors (Lipinski definition) is 3. The van der Waals surface area contributed by atoms with E-state index < -0.39 is 0 Å². The van der Waals surface area contributed by atoms with Crippen LogP contribution in [0.25, 0.3) is 0 Å². The van der Waals surface area contributed by atoms with Gasteiger partial charge in [-0.2, -0.15) is 0 Å². The maximum Gasteiger partial charge on any atom is 3.00 e. The second-order valence-corrected chi connectivity index (χ2v) is 1.56. The van der Waals surface area contributed by atoms with Crippen molar-refractivity contribution in [3.8, 4) is 0 Å². The van der Waals surface area contributed by atoms with Gasteiger partial charge in [-0.3, -0.25) is 20.4 Å². The minimum Gasteiger partial charge on any atom is -0.545 e. The van der Waals surface area contributed by atoms with Crippen molar-refractivity contribution in [2.45, 2.75) is 13.8 Å². The minimum atomic E-state index is 0. The van der Waals surface area contributed by atoms with Crippen molar-refractivity contribution in [1.29, 1.82) is 0 Å². The third-order valence-electron chi connectivity index (χ3n) is 0.729. The molecule has 0 aromatic heterocycles. The first kappa shape index (κ1) is 29.6. The first-order chi connectivity index (χ1) is 5.64. The maximum atomic E-state index is 7.75. The largest absolute Gasteiger partial charge is 3.00 e. The van der Waals surface area contributed by atoms with Crippen LogP contribution >= 0.6 is 0 Å². The van der Waals surface area contributed by atoms with E-state index in [1.54, 1.807) is 0 Å². The summed E-state index contributed by atoms with van der Waals surface area (Å²) in [4.78, 5) is 23.2. The molecule has 0 bridgehead atoms. The van der Waals surface area contributed by atoms with Gasteiger partial charge in [0.15, 0.2) is 0 Å². The van der Waals surface area contributed by atoms with Crippen LogP contribution in [0.15, 0.2) is 24.3 Å². The van der Waals surface area contributed by atoms with Gasteiger partial charge < -0.3 is 14.4 Å². The second-order valence-electron chi connectivity index (χ2n) is 1.56. The van der Waals surface area contributed by atoms with Gasteiger partial charge in [-0.15, -0.1) is 0 Å². The fourth-order valence-corrected chi connectivity index (χ4v) is 0. The Bertz CT molecular complexity index is 107. The summed E-state index contributed by atoms with van der Waals surface area (Å²) in [5.74, 6) is 0. The molecule has 13 heavy (non-hydrogen) atoms. The van der Waals surface area contributed by atoms with E-state index in [9.17, 15) is 0 Å². The fourth-order valence-electron chi connectivity index (χ4n) is 0. The molecule has 0 heterocycles. The Morgan fingerprint density at radius 3 is 0.846 bits per heavy atom. The summed E-state index contributed by atoms with van der Waals surface area (Å²) in [6.07, 6.45) is 0. The molecule has 0 fully saturated rings. The molecular formula is C9H13O3Ru. The van der Waals surface area contributed by atoms with Gasteiger partial charge >= 0.3 is 19.5 Å². The molecule has 0 aromatic carbocycles. The van der Waals surface area contributed by atoms with Gasteiger partial charge in [0.2, 0.25) is 0 Å². The zero-order valence-corrected chi connectivity index (χ0v) is 9.46. The van der Waals surface area contributed by atoms with E-state index in [1.807, 2.05) is 13.8 Å². The molecule has 0 N–H and O–H groups in total. The van der Waals surface area contributed by atoms with Crippen molar-refractivity contribution in [3.63, 3.8) is 0 Å². The Morgan fingerprint density at radius 2 is 0.846 bits per heavy atom. The van der Waals surface area contributed by atoms with Gasteiger partial charge in [-0.05, 0) is 13.8 Å². The minimum absolute atomic E-state index is 0. The van der Waals surface area contributed by atoms with Crippen LogP contribution in [0, 0.1) is 0 Å². The van der Waals surface area contributed by atoms with Crippen molar-refractivity contribution >= 4 is 20.4 Å². The molecule has 0 aliphatic carbocycles. The predicted octanol–water partition coefficient (Wildman–Crippen LogP) is 1.31. The monoisotopic (exact) mass is 271 g/mol. The van der Waals surface area contributed by atoms with E-state index in [2.05, 4.69) is 33.5 Å². The Balaban J connectivity index is -0.0000000263. The van der Waals surface area contributed by atoms with Crippen molar-refractivity contribution < 1.29 is 33.9 Å². The number of allylic oxidation sites excluding steroid dienone is 2. The van der Waals surface area contributed by atoms with Crippen LogP contribution in [0.1, 0.15) is 13.8 Å². The van der Waals surface area contributed by atoms with Crippen molar-refractivity contribution in [2.24, 2.45) is 0 Å². The summed E-state index contributed by atoms with van der Waals surface area (Å²) in [7, 11) is 0. The Kier molecular flexibility index (Phi) is 98.9. The Hall–Kier alpha value is -0.887. The van der Waals surface area contributed by atoms with Gasteiger partial charge in [0.05, 0.1) is 0 Å². The second kappa shape index (κ2) is 43.5. The zero-order chi connectivity index (χ0) is 11.2. The molecule has 4 heteroatoms. The smallest absolute Gasteiger partial charge is 0.545 e. The topological polar surface area (TPSA) is 51.2 Å². The predicted molar refractivity (Wildman–Crippen MR) is 49.9 cm³/mol. The third kappa shape index (κ3) is 95.2. The van der Waals surface area contributed by atoms with E-state index in [0.29, 0.717) is 0 Å². The quantitative estimate of drug-likeness (QED) is 0.312. The van der Waals surface area contributed by atoms with Gasteiger partial charge in [0, 0.05) is 0 Å². The van der Waals surface area contributed by atoms with E-state index in [1.165, 1.54) is 0 Å². The molecule has 0 saturated heterocycles. The Labute approximate surface area is 92.7 Å². The molecule has 0 rings (SSSR count). The molecule has 0 saturated carbocycles. The molecule has 0 aliphatic heterocycles. The molecule has 0 atom stereocenters. The normalized spacial score (nSPS) is 4.46. The summed E-state index contributed by atoms with van der Waals surface area (Å²) in [5.41, 5.74) is 2.13. The van der Waals surface area contributed by atoms with Crippen LogP contribution in [-0.4, -0.2) is 20.4 Å². The summed E-state index contributed by atoms with van der Waals surface area (Å²) >= 11 is 0. The number of carbonyl (C=O) groups excluding carboxylic acids is 3. The van der Waals surface area contributed by atoms with E-state index in [0.717, 1.165) is 11.1 Å². The molecule has 0 aliphatic rings. The molecule has 0 aromatic rings. The molecule has 0 spiro atoms. The third-order valence-corrected chi connectivity index (χ3v) is 0.729. The van der Waals surface area contributed by atoms with Gasteiger partial charge in [0.25, 0.3) is 0 Å². The van der Waals surface area contributed by atoms with Crippen molar-refractivity contribution in [1.82, 2.24) is 0 Å². The summed E-state index contributed by atoms with van der Waals surface area (Å²) in [6, 6.07) is 0. The standard InChI is InChI=1S/C6H10.3CHO.Ru/c1-5(2)6(3)4;3*1-2;/h1,3H2,2,4H3;3*1H;/q;3*-1;+3. The average Bonchev–Trinajstić information content (AvgIpc) is 2.14. The SMILES string of the molecule is C=C(C)C(=C)C.[CH-]=O.[CH-]=O.[CH-]=O.[Ru+3]. The maximum absolute atomic E-state index is 7.75. The summed E-state index contributed by atoms with van der Waals surface area (Å²) in [6.45, 7) is 21.0. The van der Waals surface area contributed by atoms with Gasteiger partial charge in [-0.25, -0.2) is 0 Å². The van der Waals surface area contributed by atoms with E-state index in [-0.39, 0.29) is 19.5 Å². The zero-order valence-electron chi connectivity index (χ0n) is 7.72. The van der Waals surface area contributed by atoms with Crippen LogP contribution in [0.5, 0.6) is 0 Å². The number of rotatable bonds is 1. The van der Waals surface area contributed by atoms with E-state index >= 15 is 0 Å². The number of hydrogen-bond donors (Lipinski definition) is 0. The van der Waals surface area contributed by atoms with Crippen LogP contribution in [0.4, 0.5) is 0 Å². The summed E-state index contributed by atoms with van der Waals surface area (Å²) in [5, 5.41) is 0. The fraction of sp³-hybridized carbons (Fsp3) is 0.222. The first-order valence-electron chi connectivity index (χ1n) is 2.66. The molecule has 75 valence electrons. The average molecular weight is 270 g/mol. The van der Waals surface area contributed by atoms with Crippen LogP contribution in [-0.2, 0) is 33.9 Å². The van der Waals surface area contributed by atoms with Crippen LogP contribution in [0.2, 0.25) is 0 Å². The van der Waals surface area contributed by atoms with Gasteiger partial charge in [-0.1, -0.05) is 24.3 Å². The van der Waals surface area contributed by atoms with Crippen LogP contribution in [0.3, 0.4) is 0 Å².